The SMILES string of the molecule is COCCCN1CCOc2ccc(COC3CNCC(OC(=O)OCCCCCON(O)O)C3c3ccc(OC4CCN(c5cccc(F)c5)C4)cc3)cc21. The zero-order valence-electron chi connectivity index (χ0n) is 31.4. The molecule has 2 saturated heterocycles. The summed E-state index contributed by atoms with van der Waals surface area (Å²) in [5, 5.41) is 20.4. The van der Waals surface area contributed by atoms with Gasteiger partial charge in [-0.05, 0) is 79.3 Å². The molecular weight excluding hydrogens is 715 g/mol. The van der Waals surface area contributed by atoms with Gasteiger partial charge in [0.1, 0.15) is 36.1 Å². The van der Waals surface area contributed by atoms with Crippen LogP contribution in [0.15, 0.2) is 66.7 Å². The summed E-state index contributed by atoms with van der Waals surface area (Å²) in [6.45, 7) is 6.01. The minimum atomic E-state index is -0.766. The smallest absolute Gasteiger partial charge is 0.490 e. The third-order valence-electron chi connectivity index (χ3n) is 10.1. The van der Waals surface area contributed by atoms with Gasteiger partial charge in [-0.25, -0.2) is 9.18 Å². The number of nitrogens with one attached hydrogen (secondary N) is 1. The number of benzene rings is 3. The van der Waals surface area contributed by atoms with E-state index in [2.05, 4.69) is 26.0 Å². The second kappa shape index (κ2) is 20.6. The Labute approximate surface area is 321 Å². The molecule has 4 atom stereocenters. The van der Waals surface area contributed by atoms with Gasteiger partial charge >= 0.3 is 6.16 Å². The second-order valence-electron chi connectivity index (χ2n) is 13.9. The molecule has 0 spiro atoms. The highest BCUT2D eigenvalue weighted by atomic mass is 19.1. The highest BCUT2D eigenvalue weighted by Gasteiger charge is 2.38. The van der Waals surface area contributed by atoms with Crippen molar-refractivity contribution in [2.24, 2.45) is 0 Å². The molecule has 4 unspecified atom stereocenters. The lowest BCUT2D eigenvalue weighted by atomic mass is 9.85. The minimum Gasteiger partial charge on any atom is -0.490 e. The van der Waals surface area contributed by atoms with Gasteiger partial charge in [-0.3, -0.25) is 15.3 Å². The molecule has 15 heteroatoms. The highest BCUT2D eigenvalue weighted by molar-refractivity contribution is 5.61. The number of methoxy groups -OCH3 is 1. The summed E-state index contributed by atoms with van der Waals surface area (Å²) in [4.78, 5) is 21.9. The van der Waals surface area contributed by atoms with Gasteiger partial charge < -0.3 is 43.5 Å². The molecule has 300 valence electrons. The summed E-state index contributed by atoms with van der Waals surface area (Å²) in [5.74, 6) is 1.02. The van der Waals surface area contributed by atoms with Crippen LogP contribution in [0.5, 0.6) is 11.5 Å². The molecule has 0 aliphatic carbocycles. The zero-order chi connectivity index (χ0) is 38.4. The predicted molar refractivity (Wildman–Crippen MR) is 200 cm³/mol. The molecule has 0 bridgehead atoms. The number of carbonyl (C=O) groups excluding carboxylic acids is 1. The number of ether oxygens (including phenoxy) is 6. The summed E-state index contributed by atoms with van der Waals surface area (Å²) in [7, 11) is 1.71. The minimum absolute atomic E-state index is 0.0422. The number of hydrogen-bond donors (Lipinski definition) is 3. The third kappa shape index (κ3) is 11.9. The maximum absolute atomic E-state index is 13.8. The lowest BCUT2D eigenvalue weighted by Crippen LogP contribution is -2.51. The highest BCUT2D eigenvalue weighted by Crippen LogP contribution is 2.35. The van der Waals surface area contributed by atoms with Crippen LogP contribution in [0.4, 0.5) is 20.6 Å². The number of rotatable bonds is 19. The monoisotopic (exact) mass is 768 g/mol. The van der Waals surface area contributed by atoms with Crippen LogP contribution in [0.25, 0.3) is 0 Å². The molecule has 3 heterocycles. The van der Waals surface area contributed by atoms with Gasteiger partial charge in [0, 0.05) is 57.9 Å². The molecule has 3 aliphatic rings. The molecule has 2 fully saturated rings. The van der Waals surface area contributed by atoms with Gasteiger partial charge in [-0.2, -0.15) is 0 Å². The van der Waals surface area contributed by atoms with Crippen molar-refractivity contribution >= 4 is 17.5 Å². The Balaban J connectivity index is 1.11. The molecule has 3 N–H and O–H groups in total. The van der Waals surface area contributed by atoms with E-state index in [4.69, 9.17) is 38.8 Å². The summed E-state index contributed by atoms with van der Waals surface area (Å²) in [6, 6.07) is 20.6. The summed E-state index contributed by atoms with van der Waals surface area (Å²) < 4.78 is 49.4. The number of halogens is 1. The van der Waals surface area contributed by atoms with Crippen molar-refractivity contribution in [1.29, 1.82) is 0 Å². The molecule has 6 rings (SSSR count). The fourth-order valence-electron chi connectivity index (χ4n) is 7.34. The van der Waals surface area contributed by atoms with Crippen LogP contribution in [0.1, 0.15) is 49.1 Å². The Morgan fingerprint density at radius 3 is 2.62 bits per heavy atom. The molecule has 0 aromatic heterocycles. The van der Waals surface area contributed by atoms with Crippen molar-refractivity contribution in [2.45, 2.75) is 62.9 Å². The first-order chi connectivity index (χ1) is 26.9. The van der Waals surface area contributed by atoms with Gasteiger partial charge in [0.05, 0.1) is 50.1 Å². The van der Waals surface area contributed by atoms with Crippen LogP contribution in [0, 0.1) is 5.82 Å². The first-order valence-electron chi connectivity index (χ1n) is 19.1. The number of carbonyl (C=O) groups is 1. The number of hydrogen-bond acceptors (Lipinski definition) is 14. The van der Waals surface area contributed by atoms with Gasteiger partial charge in [0.2, 0.25) is 0 Å². The normalized spacial score (nSPS) is 21.0. The molecule has 55 heavy (non-hydrogen) atoms. The lowest BCUT2D eigenvalue weighted by Gasteiger charge is -2.38. The van der Waals surface area contributed by atoms with E-state index in [-0.39, 0.29) is 42.5 Å². The Kier molecular flexibility index (Phi) is 15.2. The Morgan fingerprint density at radius 1 is 0.964 bits per heavy atom. The number of unbranched alkanes of at least 4 members (excludes halogenated alkanes) is 2. The van der Waals surface area contributed by atoms with Gasteiger partial charge in [0.15, 0.2) is 0 Å². The Hall–Kier alpha value is -4.22. The van der Waals surface area contributed by atoms with E-state index in [0.717, 1.165) is 66.5 Å². The number of fused-ring (bicyclic) bond motifs is 1. The van der Waals surface area contributed by atoms with E-state index in [9.17, 15) is 9.18 Å². The predicted octanol–water partition coefficient (Wildman–Crippen LogP) is 5.70. The average molecular weight is 769 g/mol. The van der Waals surface area contributed by atoms with Gasteiger partial charge in [0.25, 0.3) is 0 Å². The maximum Gasteiger partial charge on any atom is 0.508 e. The van der Waals surface area contributed by atoms with Crippen molar-refractivity contribution in [3.63, 3.8) is 0 Å². The standard InChI is InChI=1S/C40H53FN4O10/c1-49-19-6-16-43-18-22-50-36-14-9-29(23-35(36)43)28-52-37-25-42-26-38(55-40(46)51-20-3-2-4-21-53-45(47)48)39(37)30-10-12-33(13-11-30)54-34-15-17-44(27-34)32-8-5-7-31(41)24-32/h5,7-14,23-24,34,37-39,42,47-48H,2-4,6,15-22,25-28H2,1H3. The molecule has 0 radical (unpaired) electrons. The van der Waals surface area contributed by atoms with Crippen molar-refractivity contribution < 1.29 is 52.9 Å². The lowest BCUT2D eigenvalue weighted by molar-refractivity contribution is -0.492. The maximum atomic E-state index is 13.8. The van der Waals surface area contributed by atoms with E-state index >= 15 is 0 Å². The van der Waals surface area contributed by atoms with E-state index in [1.165, 1.54) is 6.07 Å². The van der Waals surface area contributed by atoms with Crippen LogP contribution >= 0.6 is 0 Å². The second-order valence-corrected chi connectivity index (χ2v) is 13.9. The third-order valence-corrected chi connectivity index (χ3v) is 10.1. The van der Waals surface area contributed by atoms with E-state index in [1.807, 2.05) is 42.5 Å². The van der Waals surface area contributed by atoms with E-state index in [1.54, 1.807) is 19.2 Å². The molecule has 3 aromatic carbocycles. The van der Waals surface area contributed by atoms with Crippen LogP contribution < -0.4 is 24.6 Å². The van der Waals surface area contributed by atoms with Crippen molar-refractivity contribution in [2.75, 3.05) is 82.6 Å². The van der Waals surface area contributed by atoms with E-state index < -0.39 is 12.3 Å². The van der Waals surface area contributed by atoms with Crippen molar-refractivity contribution in [1.82, 2.24) is 10.7 Å². The van der Waals surface area contributed by atoms with E-state index in [0.29, 0.717) is 58.7 Å². The summed E-state index contributed by atoms with van der Waals surface area (Å²) in [5.41, 5.74) is 3.83. The summed E-state index contributed by atoms with van der Waals surface area (Å²) in [6.07, 6.45) is 1.78. The molecule has 0 amide bonds. The van der Waals surface area contributed by atoms with Crippen molar-refractivity contribution in [3.05, 3.63) is 83.7 Å². The quantitative estimate of drug-likeness (QED) is 0.0780. The van der Waals surface area contributed by atoms with Crippen LogP contribution in [0.3, 0.4) is 0 Å². The first-order valence-corrected chi connectivity index (χ1v) is 19.1. The van der Waals surface area contributed by atoms with Gasteiger partial charge in [-0.15, -0.1) is 0 Å². The molecule has 0 saturated carbocycles. The molecule has 14 nitrogen and oxygen atoms in total. The largest absolute Gasteiger partial charge is 0.508 e. The zero-order valence-corrected chi connectivity index (χ0v) is 31.4. The average Bonchev–Trinajstić information content (AvgIpc) is 3.66. The Bertz CT molecular complexity index is 1640. The molecule has 3 aliphatic heterocycles. The molecular formula is C40H53FN4O10. The number of anilines is 2. The Morgan fingerprint density at radius 2 is 1.80 bits per heavy atom. The summed E-state index contributed by atoms with van der Waals surface area (Å²) >= 11 is 0. The fraction of sp³-hybridized carbons (Fsp3) is 0.525. The van der Waals surface area contributed by atoms with Crippen molar-refractivity contribution in [3.8, 4) is 11.5 Å². The topological polar surface area (TPSA) is 144 Å². The van der Waals surface area contributed by atoms with Crippen LogP contribution in [0.2, 0.25) is 0 Å². The fourth-order valence-corrected chi connectivity index (χ4v) is 7.34. The van der Waals surface area contributed by atoms with Crippen LogP contribution in [-0.4, -0.2) is 113 Å². The first kappa shape index (κ1) is 40.4. The van der Waals surface area contributed by atoms with Crippen LogP contribution in [-0.2, 0) is 30.4 Å². The molecule has 3 aromatic rings. The number of piperidine rings is 1. The van der Waals surface area contributed by atoms with Gasteiger partial charge in [-0.1, -0.05) is 24.3 Å². The number of nitrogens with zero attached hydrogens (tertiary/aromatic N) is 3.